The molecule has 0 spiro atoms. The zero-order chi connectivity index (χ0) is 14.8. The van der Waals surface area contributed by atoms with Crippen LogP contribution in [0.4, 0.5) is 0 Å². The first kappa shape index (κ1) is 16.9. The summed E-state index contributed by atoms with van der Waals surface area (Å²) in [5.74, 6) is 2.84. The van der Waals surface area contributed by atoms with Gasteiger partial charge < -0.3 is 19.7 Å². The van der Waals surface area contributed by atoms with Crippen molar-refractivity contribution < 1.29 is 14.3 Å². The van der Waals surface area contributed by atoms with Gasteiger partial charge in [0.05, 0.1) is 20.6 Å². The maximum Gasteiger partial charge on any atom is 0.227 e. The summed E-state index contributed by atoms with van der Waals surface area (Å²) < 4.78 is 10.5. The van der Waals surface area contributed by atoms with E-state index in [1.54, 1.807) is 14.2 Å². The molecule has 1 amide bonds. The largest absolute Gasteiger partial charge is 0.493 e. The van der Waals surface area contributed by atoms with Crippen molar-refractivity contribution in [1.82, 2.24) is 10.2 Å². The lowest BCUT2D eigenvalue weighted by molar-refractivity contribution is -0.129. The number of methoxy groups -OCH3 is 2. The molecule has 1 aromatic rings. The third kappa shape index (κ3) is 3.31. The fraction of sp³-hybridized carbons (Fsp3) is 0.562. The number of ether oxygens (including phenoxy) is 2. The van der Waals surface area contributed by atoms with Gasteiger partial charge in [-0.1, -0.05) is 6.07 Å². The van der Waals surface area contributed by atoms with Gasteiger partial charge in [-0.15, -0.1) is 12.4 Å². The van der Waals surface area contributed by atoms with Crippen molar-refractivity contribution in [2.75, 3.05) is 40.4 Å². The number of amides is 1. The van der Waals surface area contributed by atoms with Crippen LogP contribution in [0.25, 0.3) is 0 Å². The van der Waals surface area contributed by atoms with Crippen molar-refractivity contribution in [1.29, 1.82) is 0 Å². The van der Waals surface area contributed by atoms with Crippen molar-refractivity contribution in [3.05, 3.63) is 23.8 Å². The summed E-state index contributed by atoms with van der Waals surface area (Å²) in [6, 6.07) is 5.66. The molecule has 1 N–H and O–H groups in total. The standard InChI is InChI=1S/C16H22N2O3.ClH/c1-20-14-4-3-11(5-15(14)21-2)6-16(19)18-9-12-7-17-8-13(12)10-18;/h3-5,12-13,17H,6-10H2,1-2H3;1H/t12-,13+;. The SMILES string of the molecule is COc1ccc(CC(=O)N2C[C@H]3CNC[C@H]3C2)cc1OC.Cl. The fourth-order valence-electron chi connectivity index (χ4n) is 3.34. The van der Waals surface area contributed by atoms with Crippen molar-refractivity contribution in [2.24, 2.45) is 11.8 Å². The molecule has 0 bridgehead atoms. The van der Waals surface area contributed by atoms with Crippen LogP contribution in [0.3, 0.4) is 0 Å². The average Bonchev–Trinajstić information content (AvgIpc) is 3.08. The van der Waals surface area contributed by atoms with Crippen LogP contribution in [0.15, 0.2) is 18.2 Å². The van der Waals surface area contributed by atoms with Crippen LogP contribution < -0.4 is 14.8 Å². The molecule has 2 saturated heterocycles. The lowest BCUT2D eigenvalue weighted by atomic mass is 10.0. The highest BCUT2D eigenvalue weighted by molar-refractivity contribution is 5.85. The summed E-state index contributed by atoms with van der Waals surface area (Å²) in [6.07, 6.45) is 0.424. The van der Waals surface area contributed by atoms with Gasteiger partial charge in [-0.05, 0) is 29.5 Å². The third-order valence-corrected chi connectivity index (χ3v) is 4.55. The van der Waals surface area contributed by atoms with E-state index in [0.717, 1.165) is 31.7 Å². The van der Waals surface area contributed by atoms with E-state index in [-0.39, 0.29) is 18.3 Å². The van der Waals surface area contributed by atoms with E-state index in [4.69, 9.17) is 9.47 Å². The maximum absolute atomic E-state index is 12.4. The molecule has 2 atom stereocenters. The molecule has 0 saturated carbocycles. The van der Waals surface area contributed by atoms with Gasteiger partial charge in [0.15, 0.2) is 11.5 Å². The number of rotatable bonds is 4. The molecule has 6 heteroatoms. The summed E-state index contributed by atoms with van der Waals surface area (Å²) >= 11 is 0. The second kappa shape index (κ2) is 7.20. The van der Waals surface area contributed by atoms with Crippen LogP contribution in [-0.4, -0.2) is 51.2 Å². The third-order valence-electron chi connectivity index (χ3n) is 4.55. The summed E-state index contributed by atoms with van der Waals surface area (Å²) in [5.41, 5.74) is 0.966. The lowest BCUT2D eigenvalue weighted by Gasteiger charge is -2.18. The molecule has 3 rings (SSSR count). The molecule has 0 aliphatic carbocycles. The minimum Gasteiger partial charge on any atom is -0.493 e. The second-order valence-electron chi connectivity index (χ2n) is 5.84. The summed E-state index contributed by atoms with van der Waals surface area (Å²) in [5, 5.41) is 3.39. The number of carbonyl (C=O) groups is 1. The number of hydrogen-bond acceptors (Lipinski definition) is 4. The molecule has 22 heavy (non-hydrogen) atoms. The van der Waals surface area contributed by atoms with Crippen molar-refractivity contribution in [3.63, 3.8) is 0 Å². The summed E-state index contributed by atoms with van der Waals surface area (Å²) in [6.45, 7) is 3.88. The van der Waals surface area contributed by atoms with Crippen LogP contribution >= 0.6 is 12.4 Å². The molecular weight excluding hydrogens is 304 g/mol. The zero-order valence-corrected chi connectivity index (χ0v) is 13.8. The molecule has 0 unspecified atom stereocenters. The van der Waals surface area contributed by atoms with E-state index in [9.17, 15) is 4.79 Å². The highest BCUT2D eigenvalue weighted by atomic mass is 35.5. The first-order valence-electron chi connectivity index (χ1n) is 7.40. The molecule has 2 aliphatic rings. The Hall–Kier alpha value is -1.46. The second-order valence-corrected chi connectivity index (χ2v) is 5.84. The number of hydrogen-bond donors (Lipinski definition) is 1. The molecule has 0 radical (unpaired) electrons. The normalized spacial score (nSPS) is 22.9. The summed E-state index contributed by atoms with van der Waals surface area (Å²) in [7, 11) is 3.22. The van der Waals surface area contributed by atoms with Gasteiger partial charge in [-0.25, -0.2) is 0 Å². The predicted molar refractivity (Wildman–Crippen MR) is 86.9 cm³/mol. The Balaban J connectivity index is 0.00000176. The minimum atomic E-state index is 0. The molecular formula is C16H23ClN2O3. The molecule has 2 fully saturated rings. The van der Waals surface area contributed by atoms with E-state index < -0.39 is 0 Å². The smallest absolute Gasteiger partial charge is 0.227 e. The van der Waals surface area contributed by atoms with Crippen molar-refractivity contribution in [2.45, 2.75) is 6.42 Å². The van der Waals surface area contributed by atoms with Gasteiger partial charge in [-0.3, -0.25) is 4.79 Å². The van der Waals surface area contributed by atoms with Crippen LogP contribution in [0.5, 0.6) is 11.5 Å². The number of nitrogens with zero attached hydrogens (tertiary/aromatic N) is 1. The van der Waals surface area contributed by atoms with E-state index in [2.05, 4.69) is 5.32 Å². The van der Waals surface area contributed by atoms with Gasteiger partial charge in [0, 0.05) is 26.2 Å². The Bertz CT molecular complexity index is 526. The predicted octanol–water partition coefficient (Wildman–Crippen LogP) is 1.35. The van der Waals surface area contributed by atoms with Crippen molar-refractivity contribution in [3.8, 4) is 11.5 Å². The molecule has 5 nitrogen and oxygen atoms in total. The number of fused-ring (bicyclic) bond motifs is 1. The zero-order valence-electron chi connectivity index (χ0n) is 13.0. The highest BCUT2D eigenvalue weighted by Gasteiger charge is 2.37. The summed E-state index contributed by atoms with van der Waals surface area (Å²) in [4.78, 5) is 14.4. The quantitative estimate of drug-likeness (QED) is 0.907. The van der Waals surface area contributed by atoms with E-state index in [1.807, 2.05) is 23.1 Å². The Labute approximate surface area is 137 Å². The average molecular weight is 327 g/mol. The number of likely N-dealkylation sites (tertiary alicyclic amines) is 1. The van der Waals surface area contributed by atoms with Gasteiger partial charge in [0.1, 0.15) is 0 Å². The Morgan fingerprint density at radius 3 is 2.41 bits per heavy atom. The lowest BCUT2D eigenvalue weighted by Crippen LogP contribution is -2.32. The van der Waals surface area contributed by atoms with Crippen LogP contribution in [0, 0.1) is 11.8 Å². The molecule has 122 valence electrons. The Kier molecular flexibility index (Phi) is 5.53. The van der Waals surface area contributed by atoms with E-state index >= 15 is 0 Å². The van der Waals surface area contributed by atoms with Crippen LogP contribution in [0.1, 0.15) is 5.56 Å². The first-order chi connectivity index (χ1) is 10.2. The van der Waals surface area contributed by atoms with Gasteiger partial charge in [0.2, 0.25) is 5.91 Å². The molecule has 0 aromatic heterocycles. The number of carbonyl (C=O) groups excluding carboxylic acids is 1. The number of nitrogens with one attached hydrogen (secondary N) is 1. The van der Waals surface area contributed by atoms with Gasteiger partial charge in [-0.2, -0.15) is 0 Å². The highest BCUT2D eigenvalue weighted by Crippen LogP contribution is 2.29. The molecule has 2 heterocycles. The van der Waals surface area contributed by atoms with Crippen molar-refractivity contribution >= 4 is 18.3 Å². The topological polar surface area (TPSA) is 50.8 Å². The Morgan fingerprint density at radius 1 is 1.18 bits per heavy atom. The number of halogens is 1. The Morgan fingerprint density at radius 2 is 1.82 bits per heavy atom. The minimum absolute atomic E-state index is 0. The van der Waals surface area contributed by atoms with Gasteiger partial charge in [0.25, 0.3) is 0 Å². The first-order valence-corrected chi connectivity index (χ1v) is 7.40. The van der Waals surface area contributed by atoms with E-state index in [1.165, 1.54) is 0 Å². The molecule has 1 aromatic carbocycles. The fourth-order valence-corrected chi connectivity index (χ4v) is 3.34. The van der Waals surface area contributed by atoms with Gasteiger partial charge >= 0.3 is 0 Å². The number of benzene rings is 1. The monoisotopic (exact) mass is 326 g/mol. The molecule has 2 aliphatic heterocycles. The van der Waals surface area contributed by atoms with Crippen LogP contribution in [-0.2, 0) is 11.2 Å². The maximum atomic E-state index is 12.4. The van der Waals surface area contributed by atoms with E-state index in [0.29, 0.717) is 29.8 Å². The van der Waals surface area contributed by atoms with Crippen LogP contribution in [0.2, 0.25) is 0 Å².